The molecule has 2 unspecified atom stereocenters. The van der Waals surface area contributed by atoms with Crippen molar-refractivity contribution in [2.24, 2.45) is 11.8 Å². The molecular formula is C18H28N2O. The second-order valence-electron chi connectivity index (χ2n) is 6.76. The summed E-state index contributed by atoms with van der Waals surface area (Å²) in [6.07, 6.45) is 2.13. The number of likely N-dealkylation sites (tertiary alicyclic amines) is 1. The number of rotatable bonds is 3. The van der Waals surface area contributed by atoms with E-state index in [9.17, 15) is 4.79 Å². The molecule has 0 bridgehead atoms. The first-order valence-corrected chi connectivity index (χ1v) is 8.04. The number of aryl methyl sites for hydroxylation is 2. The first-order valence-electron chi connectivity index (χ1n) is 8.04. The maximum Gasteiger partial charge on any atom is 0.317 e. The van der Waals surface area contributed by atoms with E-state index >= 15 is 0 Å². The van der Waals surface area contributed by atoms with Crippen LogP contribution in [0.3, 0.4) is 0 Å². The molecule has 1 N–H and O–H groups in total. The van der Waals surface area contributed by atoms with Crippen molar-refractivity contribution in [1.29, 1.82) is 0 Å². The molecular weight excluding hydrogens is 260 g/mol. The van der Waals surface area contributed by atoms with E-state index in [1.807, 2.05) is 4.90 Å². The van der Waals surface area contributed by atoms with Crippen molar-refractivity contribution >= 4 is 6.03 Å². The SMILES string of the molecule is Cc1ccc(CCNC(=O)N2CC(C)CC(C)C2)c(C)c1. The maximum atomic E-state index is 12.2. The lowest BCUT2D eigenvalue weighted by atomic mass is 9.92. The van der Waals surface area contributed by atoms with Gasteiger partial charge in [0.1, 0.15) is 0 Å². The molecule has 0 radical (unpaired) electrons. The smallest absolute Gasteiger partial charge is 0.317 e. The van der Waals surface area contributed by atoms with E-state index in [2.05, 4.69) is 51.2 Å². The van der Waals surface area contributed by atoms with Crippen LogP contribution >= 0.6 is 0 Å². The Hall–Kier alpha value is -1.51. The van der Waals surface area contributed by atoms with E-state index in [0.717, 1.165) is 19.5 Å². The molecule has 2 rings (SSSR count). The Labute approximate surface area is 128 Å². The molecule has 3 nitrogen and oxygen atoms in total. The van der Waals surface area contributed by atoms with Crippen LogP contribution in [0.2, 0.25) is 0 Å². The van der Waals surface area contributed by atoms with E-state index in [4.69, 9.17) is 0 Å². The fourth-order valence-corrected chi connectivity index (χ4v) is 3.37. The molecule has 116 valence electrons. The van der Waals surface area contributed by atoms with E-state index in [0.29, 0.717) is 18.4 Å². The van der Waals surface area contributed by atoms with Crippen LogP contribution in [0.15, 0.2) is 18.2 Å². The number of nitrogens with zero attached hydrogens (tertiary/aromatic N) is 1. The van der Waals surface area contributed by atoms with Crippen molar-refractivity contribution in [2.75, 3.05) is 19.6 Å². The average molecular weight is 288 g/mol. The van der Waals surface area contributed by atoms with Crippen LogP contribution in [-0.2, 0) is 6.42 Å². The Morgan fingerprint density at radius 1 is 1.24 bits per heavy atom. The predicted molar refractivity (Wildman–Crippen MR) is 87.5 cm³/mol. The molecule has 2 amide bonds. The van der Waals surface area contributed by atoms with Crippen molar-refractivity contribution in [2.45, 2.75) is 40.5 Å². The molecule has 0 aromatic heterocycles. The van der Waals surface area contributed by atoms with Gasteiger partial charge in [-0.25, -0.2) is 4.79 Å². The standard InChI is InChI=1S/C18H28N2O/c1-13-5-6-17(16(4)10-13)7-8-19-18(21)20-11-14(2)9-15(3)12-20/h5-6,10,14-15H,7-9,11-12H2,1-4H3,(H,19,21). The minimum Gasteiger partial charge on any atom is -0.338 e. The molecule has 1 aliphatic rings. The number of hydrogen-bond donors (Lipinski definition) is 1. The van der Waals surface area contributed by atoms with Crippen molar-refractivity contribution in [3.05, 3.63) is 34.9 Å². The highest BCUT2D eigenvalue weighted by molar-refractivity contribution is 5.74. The normalized spacial score (nSPS) is 22.2. The van der Waals surface area contributed by atoms with E-state index in [-0.39, 0.29) is 6.03 Å². The van der Waals surface area contributed by atoms with E-state index in [1.54, 1.807) is 0 Å². The fourth-order valence-electron chi connectivity index (χ4n) is 3.37. The Kier molecular flexibility index (Phi) is 5.27. The number of urea groups is 1. The van der Waals surface area contributed by atoms with Gasteiger partial charge in [-0.1, -0.05) is 37.6 Å². The van der Waals surface area contributed by atoms with Crippen LogP contribution in [-0.4, -0.2) is 30.6 Å². The highest BCUT2D eigenvalue weighted by atomic mass is 16.2. The average Bonchev–Trinajstić information content (AvgIpc) is 2.40. The monoisotopic (exact) mass is 288 g/mol. The number of carbonyl (C=O) groups is 1. The van der Waals surface area contributed by atoms with Gasteiger partial charge in [-0.15, -0.1) is 0 Å². The van der Waals surface area contributed by atoms with Gasteiger partial charge in [0.15, 0.2) is 0 Å². The second kappa shape index (κ2) is 6.97. The third-order valence-corrected chi connectivity index (χ3v) is 4.32. The number of hydrogen-bond acceptors (Lipinski definition) is 1. The van der Waals surface area contributed by atoms with Gasteiger partial charge >= 0.3 is 6.03 Å². The molecule has 3 heteroatoms. The zero-order valence-corrected chi connectivity index (χ0v) is 13.8. The molecule has 2 atom stereocenters. The molecule has 1 heterocycles. The summed E-state index contributed by atoms with van der Waals surface area (Å²) < 4.78 is 0. The van der Waals surface area contributed by atoms with Crippen molar-refractivity contribution < 1.29 is 4.79 Å². The summed E-state index contributed by atoms with van der Waals surface area (Å²) in [6.45, 7) is 11.2. The minimum absolute atomic E-state index is 0.0955. The van der Waals surface area contributed by atoms with Crippen molar-refractivity contribution in [3.8, 4) is 0 Å². The molecule has 1 aromatic carbocycles. The Morgan fingerprint density at radius 2 is 1.90 bits per heavy atom. The van der Waals surface area contributed by atoms with Gasteiger partial charge in [-0.2, -0.15) is 0 Å². The Morgan fingerprint density at radius 3 is 2.52 bits per heavy atom. The summed E-state index contributed by atoms with van der Waals surface area (Å²) in [4.78, 5) is 14.2. The van der Waals surface area contributed by atoms with Gasteiger partial charge in [0.25, 0.3) is 0 Å². The Bertz CT molecular complexity index is 488. The third-order valence-electron chi connectivity index (χ3n) is 4.32. The molecule has 0 spiro atoms. The molecule has 0 saturated carbocycles. The van der Waals surface area contributed by atoms with Crippen LogP contribution in [0.5, 0.6) is 0 Å². The zero-order valence-electron chi connectivity index (χ0n) is 13.8. The highest BCUT2D eigenvalue weighted by Gasteiger charge is 2.24. The zero-order chi connectivity index (χ0) is 15.4. The van der Waals surface area contributed by atoms with Crippen LogP contribution in [0, 0.1) is 25.7 Å². The Balaban J connectivity index is 1.81. The van der Waals surface area contributed by atoms with Crippen LogP contribution in [0.1, 0.15) is 37.0 Å². The van der Waals surface area contributed by atoms with Crippen molar-refractivity contribution in [1.82, 2.24) is 10.2 Å². The number of nitrogens with one attached hydrogen (secondary N) is 1. The second-order valence-corrected chi connectivity index (χ2v) is 6.76. The number of amides is 2. The van der Waals surface area contributed by atoms with Gasteiger partial charge in [-0.05, 0) is 49.7 Å². The third kappa shape index (κ3) is 4.48. The number of carbonyl (C=O) groups excluding carboxylic acids is 1. The molecule has 1 aromatic rings. The molecule has 21 heavy (non-hydrogen) atoms. The number of benzene rings is 1. The van der Waals surface area contributed by atoms with Crippen LogP contribution in [0.4, 0.5) is 4.79 Å². The molecule has 1 saturated heterocycles. The minimum atomic E-state index is 0.0955. The summed E-state index contributed by atoms with van der Waals surface area (Å²) in [7, 11) is 0. The summed E-state index contributed by atoms with van der Waals surface area (Å²) in [5, 5.41) is 3.07. The predicted octanol–water partition coefficient (Wildman–Crippen LogP) is 3.53. The lowest BCUT2D eigenvalue weighted by molar-refractivity contribution is 0.146. The van der Waals surface area contributed by atoms with E-state index < -0.39 is 0 Å². The van der Waals surface area contributed by atoms with Crippen molar-refractivity contribution in [3.63, 3.8) is 0 Å². The summed E-state index contributed by atoms with van der Waals surface area (Å²) in [5.74, 6) is 1.22. The van der Waals surface area contributed by atoms with Gasteiger partial charge in [-0.3, -0.25) is 0 Å². The van der Waals surface area contributed by atoms with Crippen LogP contribution < -0.4 is 5.32 Å². The lowest BCUT2D eigenvalue weighted by Gasteiger charge is -2.34. The quantitative estimate of drug-likeness (QED) is 0.906. The number of piperidine rings is 1. The van der Waals surface area contributed by atoms with Crippen LogP contribution in [0.25, 0.3) is 0 Å². The molecule has 0 aliphatic carbocycles. The fraction of sp³-hybridized carbons (Fsp3) is 0.611. The molecule has 1 fully saturated rings. The summed E-state index contributed by atoms with van der Waals surface area (Å²) in [6, 6.07) is 6.60. The van der Waals surface area contributed by atoms with Gasteiger partial charge < -0.3 is 10.2 Å². The van der Waals surface area contributed by atoms with Gasteiger partial charge in [0.05, 0.1) is 0 Å². The summed E-state index contributed by atoms with van der Waals surface area (Å²) >= 11 is 0. The first kappa shape index (κ1) is 15.9. The first-order chi connectivity index (χ1) is 9.95. The topological polar surface area (TPSA) is 32.3 Å². The lowest BCUT2D eigenvalue weighted by Crippen LogP contribution is -2.47. The maximum absolute atomic E-state index is 12.2. The summed E-state index contributed by atoms with van der Waals surface area (Å²) in [5.41, 5.74) is 3.92. The molecule has 1 aliphatic heterocycles. The van der Waals surface area contributed by atoms with Gasteiger partial charge in [0, 0.05) is 19.6 Å². The van der Waals surface area contributed by atoms with Gasteiger partial charge in [0.2, 0.25) is 0 Å². The largest absolute Gasteiger partial charge is 0.338 e. The highest BCUT2D eigenvalue weighted by Crippen LogP contribution is 2.20. The van der Waals surface area contributed by atoms with E-state index in [1.165, 1.54) is 23.1 Å².